The van der Waals surface area contributed by atoms with E-state index < -0.39 is 0 Å². The summed E-state index contributed by atoms with van der Waals surface area (Å²) in [7, 11) is 0. The van der Waals surface area contributed by atoms with E-state index in [-0.39, 0.29) is 17.4 Å². The Hall–Kier alpha value is -0.830. The molecule has 0 radical (unpaired) electrons. The quantitative estimate of drug-likeness (QED) is 0.727. The normalized spacial score (nSPS) is 16.5. The van der Waals surface area contributed by atoms with Gasteiger partial charge in [-0.15, -0.1) is 0 Å². The number of aliphatic hydroxyl groups excluding tert-OH is 1. The van der Waals surface area contributed by atoms with Crippen molar-refractivity contribution in [1.29, 1.82) is 0 Å². The van der Waals surface area contributed by atoms with Crippen LogP contribution in [0.2, 0.25) is 0 Å². The molecule has 0 aliphatic carbocycles. The molecule has 100 valence electrons. The second kappa shape index (κ2) is 6.80. The third-order valence-corrected chi connectivity index (χ3v) is 2.90. The third kappa shape index (κ3) is 7.97. The van der Waals surface area contributed by atoms with E-state index in [1.807, 2.05) is 13.8 Å². The molecule has 0 heterocycles. The zero-order valence-corrected chi connectivity index (χ0v) is 12.0. The van der Waals surface area contributed by atoms with Gasteiger partial charge in [0.1, 0.15) is 0 Å². The Morgan fingerprint density at radius 3 is 2.29 bits per heavy atom. The maximum atomic E-state index is 11.6. The van der Waals surface area contributed by atoms with Crippen molar-refractivity contribution in [2.24, 2.45) is 11.3 Å². The average molecular weight is 241 g/mol. The molecule has 1 amide bonds. The van der Waals surface area contributed by atoms with E-state index in [4.69, 9.17) is 0 Å². The lowest BCUT2D eigenvalue weighted by molar-refractivity contribution is -0.116. The second-order valence-electron chi connectivity index (χ2n) is 6.01. The van der Waals surface area contributed by atoms with Crippen LogP contribution in [0.15, 0.2) is 11.6 Å². The van der Waals surface area contributed by atoms with Crippen LogP contribution in [0.3, 0.4) is 0 Å². The lowest BCUT2D eigenvalue weighted by Crippen LogP contribution is -2.28. The van der Waals surface area contributed by atoms with Gasteiger partial charge in [-0.2, -0.15) is 0 Å². The van der Waals surface area contributed by atoms with Gasteiger partial charge in [0.05, 0.1) is 6.10 Å². The summed E-state index contributed by atoms with van der Waals surface area (Å²) in [5, 5.41) is 12.1. The number of carbonyl (C=O) groups excluding carboxylic acids is 1. The van der Waals surface area contributed by atoms with Crippen LogP contribution in [0.4, 0.5) is 0 Å². The lowest BCUT2D eigenvalue weighted by atomic mass is 9.87. The Morgan fingerprint density at radius 2 is 1.88 bits per heavy atom. The van der Waals surface area contributed by atoms with Crippen LogP contribution < -0.4 is 5.32 Å². The molecule has 2 unspecified atom stereocenters. The molecule has 0 rings (SSSR count). The summed E-state index contributed by atoms with van der Waals surface area (Å²) in [4.78, 5) is 11.6. The molecule has 0 saturated heterocycles. The van der Waals surface area contributed by atoms with Crippen LogP contribution in [-0.2, 0) is 4.79 Å². The summed E-state index contributed by atoms with van der Waals surface area (Å²) in [6.07, 6.45) is 2.06. The second-order valence-corrected chi connectivity index (χ2v) is 6.01. The van der Waals surface area contributed by atoms with Gasteiger partial charge in [-0.05, 0) is 31.6 Å². The van der Waals surface area contributed by atoms with E-state index in [1.54, 1.807) is 13.0 Å². The Bertz CT molecular complexity index is 274. The molecule has 17 heavy (non-hydrogen) atoms. The van der Waals surface area contributed by atoms with E-state index in [9.17, 15) is 9.90 Å². The van der Waals surface area contributed by atoms with E-state index in [2.05, 4.69) is 26.1 Å². The monoisotopic (exact) mass is 241 g/mol. The van der Waals surface area contributed by atoms with E-state index in [0.29, 0.717) is 18.9 Å². The summed E-state index contributed by atoms with van der Waals surface area (Å²) >= 11 is 0. The molecule has 3 nitrogen and oxygen atoms in total. The van der Waals surface area contributed by atoms with E-state index in [1.165, 1.54) is 0 Å². The zero-order valence-electron chi connectivity index (χ0n) is 12.0. The molecular formula is C14H27NO2. The van der Waals surface area contributed by atoms with Crippen LogP contribution in [0.25, 0.3) is 0 Å². The topological polar surface area (TPSA) is 49.3 Å². The van der Waals surface area contributed by atoms with Gasteiger partial charge >= 0.3 is 0 Å². The minimum atomic E-state index is -0.311. The molecule has 0 spiro atoms. The lowest BCUT2D eigenvalue weighted by Gasteiger charge is -2.19. The molecule has 0 bridgehead atoms. The first-order chi connectivity index (χ1) is 7.62. The molecule has 0 aromatic carbocycles. The molecule has 0 fully saturated rings. The largest absolute Gasteiger partial charge is 0.393 e. The fourth-order valence-corrected chi connectivity index (χ4v) is 1.40. The number of hydrogen-bond acceptors (Lipinski definition) is 2. The first kappa shape index (κ1) is 16.2. The highest BCUT2D eigenvalue weighted by molar-refractivity contribution is 5.88. The van der Waals surface area contributed by atoms with E-state index >= 15 is 0 Å². The fraction of sp³-hybridized carbons (Fsp3) is 0.786. The van der Waals surface area contributed by atoms with Crippen LogP contribution in [-0.4, -0.2) is 23.7 Å². The molecular weight excluding hydrogens is 214 g/mol. The molecule has 3 heteroatoms. The first-order valence-electron chi connectivity index (χ1n) is 6.27. The fourth-order valence-electron chi connectivity index (χ4n) is 1.40. The number of aliphatic hydroxyl groups is 1. The minimum absolute atomic E-state index is 0.0303. The first-order valence-corrected chi connectivity index (χ1v) is 6.27. The smallest absolute Gasteiger partial charge is 0.243 e. The number of allylic oxidation sites excluding steroid dienone is 1. The van der Waals surface area contributed by atoms with Crippen LogP contribution in [0.5, 0.6) is 0 Å². The summed E-state index contributed by atoms with van der Waals surface area (Å²) in [6.45, 7) is 12.6. The number of amides is 1. The molecule has 2 N–H and O–H groups in total. The van der Waals surface area contributed by atoms with Crippen molar-refractivity contribution in [3.05, 3.63) is 11.6 Å². The highest BCUT2D eigenvalue weighted by Crippen LogP contribution is 2.23. The van der Waals surface area contributed by atoms with Gasteiger partial charge in [0.25, 0.3) is 0 Å². The Morgan fingerprint density at radius 1 is 1.35 bits per heavy atom. The van der Waals surface area contributed by atoms with Gasteiger partial charge in [0, 0.05) is 12.6 Å². The van der Waals surface area contributed by atoms with Crippen molar-refractivity contribution in [3.63, 3.8) is 0 Å². The summed E-state index contributed by atoms with van der Waals surface area (Å²) in [5.74, 6) is 0.247. The van der Waals surface area contributed by atoms with Crippen molar-refractivity contribution < 1.29 is 9.90 Å². The molecule has 2 atom stereocenters. The van der Waals surface area contributed by atoms with Gasteiger partial charge in [-0.25, -0.2) is 0 Å². The average Bonchev–Trinajstić information content (AvgIpc) is 2.12. The summed E-state index contributed by atoms with van der Waals surface area (Å²) < 4.78 is 0. The van der Waals surface area contributed by atoms with Crippen molar-refractivity contribution in [2.75, 3.05) is 6.54 Å². The van der Waals surface area contributed by atoms with Crippen LogP contribution in [0.1, 0.15) is 48.0 Å². The number of hydrogen-bond donors (Lipinski definition) is 2. The van der Waals surface area contributed by atoms with Crippen molar-refractivity contribution in [3.8, 4) is 0 Å². The van der Waals surface area contributed by atoms with E-state index in [0.717, 1.165) is 5.57 Å². The van der Waals surface area contributed by atoms with Gasteiger partial charge in [0.15, 0.2) is 0 Å². The predicted molar refractivity (Wildman–Crippen MR) is 71.7 cm³/mol. The molecule has 0 aromatic heterocycles. The standard InChI is InChI=1S/C14H27NO2/c1-10(7-12(3)16)9-15-13(17)8-11(2)14(4,5)6/h8,10,12,16H,7,9H2,1-6H3,(H,15,17)/b11-8-. The predicted octanol–water partition coefficient (Wildman–Crippen LogP) is 2.50. The third-order valence-electron chi connectivity index (χ3n) is 2.90. The molecule has 0 saturated carbocycles. The Labute approximate surface area is 105 Å². The molecule has 0 aromatic rings. The summed E-state index contributed by atoms with van der Waals surface area (Å²) in [6, 6.07) is 0. The maximum Gasteiger partial charge on any atom is 0.243 e. The minimum Gasteiger partial charge on any atom is -0.393 e. The SMILES string of the molecule is C/C(=C/C(=O)NCC(C)CC(C)O)C(C)(C)C. The highest BCUT2D eigenvalue weighted by Gasteiger charge is 2.14. The summed E-state index contributed by atoms with van der Waals surface area (Å²) in [5.41, 5.74) is 1.10. The Balaban J connectivity index is 4.12. The zero-order chi connectivity index (χ0) is 13.6. The highest BCUT2D eigenvalue weighted by atomic mass is 16.3. The van der Waals surface area contributed by atoms with Gasteiger partial charge in [-0.1, -0.05) is 33.3 Å². The van der Waals surface area contributed by atoms with Gasteiger partial charge in [-0.3, -0.25) is 4.79 Å². The number of carbonyl (C=O) groups is 1. The van der Waals surface area contributed by atoms with Crippen LogP contribution >= 0.6 is 0 Å². The molecule has 0 aliphatic rings. The number of nitrogens with one attached hydrogen (secondary N) is 1. The molecule has 0 aliphatic heterocycles. The Kier molecular flexibility index (Phi) is 6.46. The van der Waals surface area contributed by atoms with Crippen LogP contribution in [0, 0.1) is 11.3 Å². The van der Waals surface area contributed by atoms with Crippen molar-refractivity contribution >= 4 is 5.91 Å². The maximum absolute atomic E-state index is 11.6. The van der Waals surface area contributed by atoms with Gasteiger partial charge in [0.2, 0.25) is 5.91 Å². The van der Waals surface area contributed by atoms with Gasteiger partial charge < -0.3 is 10.4 Å². The van der Waals surface area contributed by atoms with Crippen molar-refractivity contribution in [2.45, 2.75) is 54.1 Å². The number of rotatable bonds is 5. The van der Waals surface area contributed by atoms with Crippen molar-refractivity contribution in [1.82, 2.24) is 5.32 Å².